The molecule has 0 aliphatic heterocycles. The normalized spacial score (nSPS) is 12.1. The maximum atomic E-state index is 12.2. The fourth-order valence-electron chi connectivity index (χ4n) is 6.56. The zero-order chi connectivity index (χ0) is 35.2. The number of esters is 2. The fraction of sp³-hybridized carbons (Fsp3) is 0.953. The van der Waals surface area contributed by atoms with Crippen LogP contribution in [0.4, 0.5) is 0 Å². The zero-order valence-electron chi connectivity index (χ0n) is 32.7. The second-order valence-corrected chi connectivity index (χ2v) is 15.3. The van der Waals surface area contributed by atoms with Crippen molar-refractivity contribution in [2.45, 2.75) is 245 Å². The maximum Gasteiger partial charge on any atom is 0.306 e. The summed E-state index contributed by atoms with van der Waals surface area (Å²) in [6.45, 7) is 6.53. The number of unbranched alkanes of at least 4 members (excludes halogenated alkanes) is 29. The molecule has 1 atom stereocenters. The summed E-state index contributed by atoms with van der Waals surface area (Å²) in [7, 11) is 0. The SMILES string of the molecule is CCCCCCCCCCCCCCCCCCCC(=O)OC[C@H](CO)OC(=O)CCCCCCCCCCCCCCCCC(C)C. The van der Waals surface area contributed by atoms with Gasteiger partial charge in [0.2, 0.25) is 0 Å². The van der Waals surface area contributed by atoms with Gasteiger partial charge in [0.05, 0.1) is 6.61 Å². The van der Waals surface area contributed by atoms with E-state index in [9.17, 15) is 14.7 Å². The third-order valence-electron chi connectivity index (χ3n) is 9.83. The van der Waals surface area contributed by atoms with Gasteiger partial charge >= 0.3 is 11.9 Å². The third kappa shape index (κ3) is 37.7. The topological polar surface area (TPSA) is 72.8 Å². The summed E-state index contributed by atoms with van der Waals surface area (Å²) < 4.78 is 10.6. The first kappa shape index (κ1) is 46.9. The summed E-state index contributed by atoms with van der Waals surface area (Å²) in [6, 6.07) is 0. The van der Waals surface area contributed by atoms with Gasteiger partial charge in [-0.3, -0.25) is 9.59 Å². The third-order valence-corrected chi connectivity index (χ3v) is 9.83. The number of rotatable bonds is 39. The van der Waals surface area contributed by atoms with Crippen molar-refractivity contribution in [3.05, 3.63) is 0 Å². The molecule has 286 valence electrons. The van der Waals surface area contributed by atoms with Crippen molar-refractivity contribution in [2.75, 3.05) is 13.2 Å². The minimum atomic E-state index is -0.762. The molecule has 0 aromatic rings. The summed E-state index contributed by atoms with van der Waals surface area (Å²) >= 11 is 0. The Kier molecular flexibility index (Phi) is 37.8. The van der Waals surface area contributed by atoms with Crippen LogP contribution in [-0.2, 0) is 19.1 Å². The van der Waals surface area contributed by atoms with Crippen molar-refractivity contribution < 1.29 is 24.2 Å². The number of aliphatic hydroxyl groups excluding tert-OH is 1. The molecule has 0 fully saturated rings. The molecule has 5 heteroatoms. The predicted molar refractivity (Wildman–Crippen MR) is 205 cm³/mol. The highest BCUT2D eigenvalue weighted by molar-refractivity contribution is 5.70. The van der Waals surface area contributed by atoms with E-state index in [1.807, 2.05) is 0 Å². The average molecular weight is 681 g/mol. The van der Waals surface area contributed by atoms with Gasteiger partial charge in [-0.05, 0) is 18.8 Å². The first-order valence-electron chi connectivity index (χ1n) is 21.5. The number of aliphatic hydroxyl groups is 1. The highest BCUT2D eigenvalue weighted by atomic mass is 16.6. The highest BCUT2D eigenvalue weighted by Crippen LogP contribution is 2.16. The van der Waals surface area contributed by atoms with Crippen LogP contribution in [0.3, 0.4) is 0 Å². The molecule has 0 rings (SSSR count). The summed E-state index contributed by atoms with van der Waals surface area (Å²) in [5.74, 6) is 0.278. The Labute approximate surface area is 299 Å². The van der Waals surface area contributed by atoms with E-state index >= 15 is 0 Å². The van der Waals surface area contributed by atoms with Gasteiger partial charge in [0.25, 0.3) is 0 Å². The van der Waals surface area contributed by atoms with Gasteiger partial charge < -0.3 is 14.6 Å². The van der Waals surface area contributed by atoms with Crippen LogP contribution < -0.4 is 0 Å². The average Bonchev–Trinajstić information content (AvgIpc) is 3.07. The Morgan fingerprint density at radius 2 is 0.771 bits per heavy atom. The van der Waals surface area contributed by atoms with Crippen molar-refractivity contribution in [1.29, 1.82) is 0 Å². The van der Waals surface area contributed by atoms with Crippen molar-refractivity contribution in [3.63, 3.8) is 0 Å². The van der Waals surface area contributed by atoms with Crippen LogP contribution in [0.15, 0.2) is 0 Å². The Hall–Kier alpha value is -1.10. The van der Waals surface area contributed by atoms with Gasteiger partial charge in [-0.2, -0.15) is 0 Å². The molecule has 0 radical (unpaired) electrons. The Bertz CT molecular complexity index is 664. The van der Waals surface area contributed by atoms with Gasteiger partial charge in [0, 0.05) is 12.8 Å². The molecule has 0 unspecified atom stereocenters. The quantitative estimate of drug-likeness (QED) is 0.0517. The summed E-state index contributed by atoms with van der Waals surface area (Å²) in [5.41, 5.74) is 0. The summed E-state index contributed by atoms with van der Waals surface area (Å²) in [4.78, 5) is 24.3. The molecule has 0 saturated heterocycles. The fourth-order valence-corrected chi connectivity index (χ4v) is 6.56. The van der Waals surface area contributed by atoms with Crippen molar-refractivity contribution in [3.8, 4) is 0 Å². The molecule has 0 bridgehead atoms. The molecule has 0 aromatic carbocycles. The lowest BCUT2D eigenvalue weighted by Crippen LogP contribution is -2.28. The second-order valence-electron chi connectivity index (χ2n) is 15.3. The van der Waals surface area contributed by atoms with Gasteiger partial charge in [-0.25, -0.2) is 0 Å². The molecular weight excluding hydrogens is 596 g/mol. The van der Waals surface area contributed by atoms with E-state index in [-0.39, 0.29) is 25.2 Å². The van der Waals surface area contributed by atoms with E-state index < -0.39 is 6.10 Å². The van der Waals surface area contributed by atoms with Crippen LogP contribution in [0.25, 0.3) is 0 Å². The number of hydrogen-bond acceptors (Lipinski definition) is 5. The number of carbonyl (C=O) groups excluding carboxylic acids is 2. The first-order chi connectivity index (χ1) is 23.5. The number of ether oxygens (including phenoxy) is 2. The molecule has 0 aromatic heterocycles. The van der Waals surface area contributed by atoms with Gasteiger partial charge in [0.1, 0.15) is 6.61 Å². The lowest BCUT2D eigenvalue weighted by atomic mass is 10.0. The van der Waals surface area contributed by atoms with Crippen LogP contribution >= 0.6 is 0 Å². The number of hydrogen-bond donors (Lipinski definition) is 1. The first-order valence-corrected chi connectivity index (χ1v) is 21.5. The largest absolute Gasteiger partial charge is 0.462 e. The van der Waals surface area contributed by atoms with E-state index in [4.69, 9.17) is 9.47 Å². The van der Waals surface area contributed by atoms with E-state index in [0.29, 0.717) is 12.8 Å². The minimum Gasteiger partial charge on any atom is -0.462 e. The van der Waals surface area contributed by atoms with Gasteiger partial charge in [-0.15, -0.1) is 0 Å². The maximum absolute atomic E-state index is 12.2. The van der Waals surface area contributed by atoms with Crippen molar-refractivity contribution in [2.24, 2.45) is 5.92 Å². The highest BCUT2D eigenvalue weighted by Gasteiger charge is 2.16. The Balaban J connectivity index is 3.47. The Morgan fingerprint density at radius 1 is 0.458 bits per heavy atom. The summed E-state index contributed by atoms with van der Waals surface area (Å²) in [6.07, 6.45) is 41.7. The van der Waals surface area contributed by atoms with Crippen LogP contribution in [0, 0.1) is 5.92 Å². The van der Waals surface area contributed by atoms with E-state index in [2.05, 4.69) is 20.8 Å². The second kappa shape index (κ2) is 38.7. The molecule has 0 aliphatic carbocycles. The summed E-state index contributed by atoms with van der Waals surface area (Å²) in [5, 5.41) is 9.57. The molecule has 0 spiro atoms. The van der Waals surface area contributed by atoms with Crippen LogP contribution in [0.2, 0.25) is 0 Å². The predicted octanol–water partition coefficient (Wildman–Crippen LogP) is 13.4. The standard InChI is InChI=1S/C43H84O5/c1-4-5-6-7-8-9-10-11-12-13-14-18-21-24-27-30-33-36-42(45)47-39-41(38-44)48-43(46)37-34-31-28-25-22-19-16-15-17-20-23-26-29-32-35-40(2)3/h40-41,44H,4-39H2,1-3H3/t41-/m0/s1. The molecular formula is C43H84O5. The van der Waals surface area contributed by atoms with Gasteiger partial charge in [0.15, 0.2) is 6.10 Å². The molecule has 48 heavy (non-hydrogen) atoms. The van der Waals surface area contributed by atoms with Crippen LogP contribution in [-0.4, -0.2) is 36.4 Å². The molecule has 0 heterocycles. The molecule has 0 amide bonds. The van der Waals surface area contributed by atoms with Crippen LogP contribution in [0.5, 0.6) is 0 Å². The zero-order valence-corrected chi connectivity index (χ0v) is 32.7. The van der Waals surface area contributed by atoms with E-state index in [1.165, 1.54) is 173 Å². The van der Waals surface area contributed by atoms with E-state index in [0.717, 1.165) is 38.0 Å². The van der Waals surface area contributed by atoms with Crippen molar-refractivity contribution in [1.82, 2.24) is 0 Å². The molecule has 0 aliphatic rings. The smallest absolute Gasteiger partial charge is 0.306 e. The number of carbonyl (C=O) groups is 2. The Morgan fingerprint density at radius 3 is 1.10 bits per heavy atom. The molecule has 0 saturated carbocycles. The lowest BCUT2D eigenvalue weighted by molar-refractivity contribution is -0.161. The molecule has 1 N–H and O–H groups in total. The molecule has 5 nitrogen and oxygen atoms in total. The van der Waals surface area contributed by atoms with Crippen molar-refractivity contribution >= 4 is 11.9 Å². The van der Waals surface area contributed by atoms with Gasteiger partial charge in [-0.1, -0.05) is 213 Å². The van der Waals surface area contributed by atoms with Crippen LogP contribution in [0.1, 0.15) is 239 Å². The van der Waals surface area contributed by atoms with E-state index in [1.54, 1.807) is 0 Å². The lowest BCUT2D eigenvalue weighted by Gasteiger charge is -2.15. The monoisotopic (exact) mass is 681 g/mol. The minimum absolute atomic E-state index is 0.0572.